The van der Waals surface area contributed by atoms with E-state index in [-0.39, 0.29) is 36.8 Å². The van der Waals surface area contributed by atoms with Crippen molar-refractivity contribution < 1.29 is 14.4 Å². The van der Waals surface area contributed by atoms with Crippen LogP contribution in [0.2, 0.25) is 0 Å². The molecule has 140 valence electrons. The standard InChI is InChI=1S/C18H22N4O3.ClH/c1-21-8-14(11-2-3-11)15(9-21)19-17(24)12-4-6-13(7-5-12)22-10-16(23)20-18(22)25;/h4-7,11,14-15H,2-3,8-10H2,1H3,(H,19,24)(H,20,23,25);1H/t14-,15+;/m1./s1. The Morgan fingerprint density at radius 1 is 1.15 bits per heavy atom. The van der Waals surface area contributed by atoms with E-state index in [1.54, 1.807) is 24.3 Å². The Hall–Kier alpha value is -2.12. The van der Waals surface area contributed by atoms with Gasteiger partial charge in [0.15, 0.2) is 0 Å². The fraction of sp³-hybridized carbons (Fsp3) is 0.500. The summed E-state index contributed by atoms with van der Waals surface area (Å²) in [6.45, 7) is 1.95. The van der Waals surface area contributed by atoms with E-state index in [0.29, 0.717) is 17.2 Å². The van der Waals surface area contributed by atoms with E-state index in [2.05, 4.69) is 22.6 Å². The highest BCUT2D eigenvalue weighted by molar-refractivity contribution is 6.12. The van der Waals surface area contributed by atoms with Crippen LogP contribution in [0.15, 0.2) is 24.3 Å². The zero-order chi connectivity index (χ0) is 17.6. The summed E-state index contributed by atoms with van der Waals surface area (Å²) < 4.78 is 0. The third-order valence-corrected chi connectivity index (χ3v) is 5.33. The van der Waals surface area contributed by atoms with Crippen molar-refractivity contribution in [1.82, 2.24) is 15.5 Å². The number of hydrogen-bond donors (Lipinski definition) is 2. The van der Waals surface area contributed by atoms with Crippen LogP contribution in [0, 0.1) is 11.8 Å². The van der Waals surface area contributed by atoms with Gasteiger partial charge in [-0.2, -0.15) is 0 Å². The summed E-state index contributed by atoms with van der Waals surface area (Å²) in [5, 5.41) is 5.41. The zero-order valence-electron chi connectivity index (χ0n) is 14.6. The van der Waals surface area contributed by atoms with Gasteiger partial charge in [0.25, 0.3) is 5.91 Å². The molecule has 1 aromatic carbocycles. The van der Waals surface area contributed by atoms with Crippen LogP contribution in [0.5, 0.6) is 0 Å². The van der Waals surface area contributed by atoms with Crippen molar-refractivity contribution in [1.29, 1.82) is 0 Å². The van der Waals surface area contributed by atoms with Crippen LogP contribution in [-0.2, 0) is 4.79 Å². The third kappa shape index (κ3) is 3.68. The minimum absolute atomic E-state index is 0. The highest BCUT2D eigenvalue weighted by Crippen LogP contribution is 2.41. The van der Waals surface area contributed by atoms with Crippen LogP contribution in [0.3, 0.4) is 0 Å². The summed E-state index contributed by atoms with van der Waals surface area (Å²) in [6.07, 6.45) is 2.55. The number of carbonyl (C=O) groups excluding carboxylic acids is 3. The molecule has 7 nitrogen and oxygen atoms in total. The lowest BCUT2D eigenvalue weighted by molar-refractivity contribution is -0.117. The molecule has 2 atom stereocenters. The van der Waals surface area contributed by atoms with Gasteiger partial charge in [-0.25, -0.2) is 4.79 Å². The van der Waals surface area contributed by atoms with Gasteiger partial charge >= 0.3 is 6.03 Å². The SMILES string of the molecule is CN1C[C@H](NC(=O)c2ccc(N3CC(=O)NC3=O)cc2)[C@@H](C2CC2)C1.Cl. The van der Waals surface area contributed by atoms with Crippen LogP contribution >= 0.6 is 12.4 Å². The van der Waals surface area contributed by atoms with Gasteiger partial charge < -0.3 is 10.2 Å². The number of benzene rings is 1. The number of likely N-dealkylation sites (tertiary alicyclic amines) is 1. The molecule has 3 fully saturated rings. The Labute approximate surface area is 158 Å². The first-order valence-electron chi connectivity index (χ1n) is 8.72. The largest absolute Gasteiger partial charge is 0.348 e. The van der Waals surface area contributed by atoms with E-state index in [0.717, 1.165) is 19.0 Å². The average molecular weight is 379 g/mol. The fourth-order valence-corrected chi connectivity index (χ4v) is 3.88. The Morgan fingerprint density at radius 3 is 2.42 bits per heavy atom. The molecule has 26 heavy (non-hydrogen) atoms. The number of hydrogen-bond acceptors (Lipinski definition) is 4. The van der Waals surface area contributed by atoms with Crippen molar-refractivity contribution >= 4 is 35.9 Å². The molecule has 0 aromatic heterocycles. The molecular weight excluding hydrogens is 356 g/mol. The first kappa shape index (κ1) is 18.7. The lowest BCUT2D eigenvalue weighted by Gasteiger charge is -2.20. The van der Waals surface area contributed by atoms with Crippen LogP contribution in [0.4, 0.5) is 10.5 Å². The second-order valence-electron chi connectivity index (χ2n) is 7.29. The van der Waals surface area contributed by atoms with E-state index in [1.165, 1.54) is 17.7 Å². The van der Waals surface area contributed by atoms with Gasteiger partial charge in [0, 0.05) is 30.4 Å². The van der Waals surface area contributed by atoms with E-state index in [1.807, 2.05) is 0 Å². The number of amides is 4. The number of imide groups is 1. The minimum atomic E-state index is -0.427. The molecule has 1 aliphatic carbocycles. The van der Waals surface area contributed by atoms with Gasteiger partial charge in [-0.15, -0.1) is 12.4 Å². The Morgan fingerprint density at radius 2 is 1.85 bits per heavy atom. The van der Waals surface area contributed by atoms with Crippen LogP contribution in [0.1, 0.15) is 23.2 Å². The maximum absolute atomic E-state index is 12.6. The van der Waals surface area contributed by atoms with E-state index >= 15 is 0 Å². The van der Waals surface area contributed by atoms with Crippen molar-refractivity contribution in [2.75, 3.05) is 31.6 Å². The predicted octanol–water partition coefficient (Wildman–Crippen LogP) is 1.23. The fourth-order valence-electron chi connectivity index (χ4n) is 3.88. The van der Waals surface area contributed by atoms with Gasteiger partial charge in [-0.1, -0.05) is 0 Å². The third-order valence-electron chi connectivity index (χ3n) is 5.33. The number of halogens is 1. The summed E-state index contributed by atoms with van der Waals surface area (Å²) >= 11 is 0. The van der Waals surface area contributed by atoms with Gasteiger partial charge in [-0.3, -0.25) is 19.8 Å². The molecule has 2 aliphatic heterocycles. The quantitative estimate of drug-likeness (QED) is 0.772. The molecular formula is C18H23ClN4O3. The number of nitrogens with zero attached hydrogens (tertiary/aromatic N) is 2. The van der Waals surface area contributed by atoms with E-state index in [9.17, 15) is 14.4 Å². The molecule has 2 heterocycles. The van der Waals surface area contributed by atoms with E-state index < -0.39 is 6.03 Å². The molecule has 0 unspecified atom stereocenters. The van der Waals surface area contributed by atoms with Crippen LogP contribution < -0.4 is 15.5 Å². The van der Waals surface area contributed by atoms with Gasteiger partial charge in [0.1, 0.15) is 6.54 Å². The number of nitrogens with one attached hydrogen (secondary N) is 2. The first-order chi connectivity index (χ1) is 12.0. The number of rotatable bonds is 4. The molecule has 8 heteroatoms. The number of likely N-dealkylation sites (N-methyl/N-ethyl adjacent to an activating group) is 1. The predicted molar refractivity (Wildman–Crippen MR) is 99.5 cm³/mol. The Bertz CT molecular complexity index is 720. The van der Waals surface area contributed by atoms with Crippen LogP contribution in [0.25, 0.3) is 0 Å². The molecule has 1 saturated carbocycles. The molecule has 4 rings (SSSR count). The Balaban J connectivity index is 0.00000196. The first-order valence-corrected chi connectivity index (χ1v) is 8.72. The summed E-state index contributed by atoms with van der Waals surface area (Å²) in [5.41, 5.74) is 1.18. The molecule has 2 saturated heterocycles. The summed E-state index contributed by atoms with van der Waals surface area (Å²) in [6, 6.07) is 6.57. The van der Waals surface area contributed by atoms with Crippen molar-refractivity contribution in [3.63, 3.8) is 0 Å². The van der Waals surface area contributed by atoms with Crippen molar-refractivity contribution in [3.05, 3.63) is 29.8 Å². The molecule has 2 N–H and O–H groups in total. The summed E-state index contributed by atoms with van der Waals surface area (Å²) in [7, 11) is 2.10. The molecule has 0 bridgehead atoms. The zero-order valence-corrected chi connectivity index (χ0v) is 15.4. The Kier molecular flexibility index (Phi) is 5.20. The summed E-state index contributed by atoms with van der Waals surface area (Å²) in [4.78, 5) is 39.2. The van der Waals surface area contributed by atoms with Crippen LogP contribution in [-0.4, -0.2) is 55.5 Å². The maximum Gasteiger partial charge on any atom is 0.329 e. The number of carbonyl (C=O) groups is 3. The second kappa shape index (κ2) is 7.25. The lowest BCUT2D eigenvalue weighted by Crippen LogP contribution is -2.41. The van der Waals surface area contributed by atoms with Gasteiger partial charge in [-0.05, 0) is 56.0 Å². The van der Waals surface area contributed by atoms with Crippen molar-refractivity contribution in [2.24, 2.45) is 11.8 Å². The minimum Gasteiger partial charge on any atom is -0.348 e. The molecule has 3 aliphatic rings. The van der Waals surface area contributed by atoms with E-state index in [4.69, 9.17) is 0 Å². The van der Waals surface area contributed by atoms with Crippen molar-refractivity contribution in [2.45, 2.75) is 18.9 Å². The molecule has 1 aromatic rings. The average Bonchev–Trinajstić information content (AvgIpc) is 3.28. The summed E-state index contributed by atoms with van der Waals surface area (Å²) in [5.74, 6) is 0.902. The highest BCUT2D eigenvalue weighted by Gasteiger charge is 2.42. The molecule has 4 amide bonds. The molecule has 0 radical (unpaired) electrons. The maximum atomic E-state index is 12.6. The highest BCUT2D eigenvalue weighted by atomic mass is 35.5. The monoisotopic (exact) mass is 378 g/mol. The normalized spacial score (nSPS) is 25.8. The smallest absolute Gasteiger partial charge is 0.329 e. The number of urea groups is 1. The van der Waals surface area contributed by atoms with Gasteiger partial charge in [0.05, 0.1) is 0 Å². The number of anilines is 1. The molecule has 0 spiro atoms. The van der Waals surface area contributed by atoms with Crippen molar-refractivity contribution in [3.8, 4) is 0 Å². The lowest BCUT2D eigenvalue weighted by atomic mass is 9.98. The topological polar surface area (TPSA) is 81.8 Å². The van der Waals surface area contributed by atoms with Gasteiger partial charge in [0.2, 0.25) is 5.91 Å². The second-order valence-corrected chi connectivity index (χ2v) is 7.29.